The SMILES string of the molecule is O=C(c1ccoc1Cl)N1CCC2(C1)OCCO2. The first-order valence-corrected chi connectivity index (χ1v) is 5.88. The summed E-state index contributed by atoms with van der Waals surface area (Å²) in [6.07, 6.45) is 2.11. The number of carbonyl (C=O) groups excluding carboxylic acids is 1. The number of ether oxygens (including phenoxy) is 2. The van der Waals surface area contributed by atoms with Crippen molar-refractivity contribution in [2.45, 2.75) is 12.2 Å². The Morgan fingerprint density at radius 1 is 1.41 bits per heavy atom. The van der Waals surface area contributed by atoms with Crippen molar-refractivity contribution in [1.82, 2.24) is 4.90 Å². The third kappa shape index (κ3) is 1.84. The van der Waals surface area contributed by atoms with Gasteiger partial charge in [-0.25, -0.2) is 0 Å². The van der Waals surface area contributed by atoms with Crippen LogP contribution in [0.3, 0.4) is 0 Å². The van der Waals surface area contributed by atoms with Crippen molar-refractivity contribution >= 4 is 17.5 Å². The summed E-state index contributed by atoms with van der Waals surface area (Å²) < 4.78 is 16.0. The molecule has 92 valence electrons. The number of rotatable bonds is 1. The van der Waals surface area contributed by atoms with Crippen molar-refractivity contribution in [2.75, 3.05) is 26.3 Å². The molecule has 0 aromatic carbocycles. The molecule has 0 unspecified atom stereocenters. The van der Waals surface area contributed by atoms with E-state index in [0.29, 0.717) is 38.3 Å². The Morgan fingerprint density at radius 2 is 2.18 bits per heavy atom. The minimum atomic E-state index is -0.591. The van der Waals surface area contributed by atoms with Gasteiger partial charge in [0.2, 0.25) is 5.22 Å². The van der Waals surface area contributed by atoms with Gasteiger partial charge >= 0.3 is 0 Å². The molecule has 6 heteroatoms. The van der Waals surface area contributed by atoms with Crippen molar-refractivity contribution in [3.05, 3.63) is 23.1 Å². The van der Waals surface area contributed by atoms with Gasteiger partial charge in [0.25, 0.3) is 5.91 Å². The second-order valence-corrected chi connectivity index (χ2v) is 4.54. The summed E-state index contributed by atoms with van der Waals surface area (Å²) in [6, 6.07) is 1.58. The standard InChI is InChI=1S/C11H12ClNO4/c12-9-8(1-4-15-9)10(14)13-3-2-11(7-13)16-5-6-17-11/h1,4H,2-3,5-7H2. The maximum absolute atomic E-state index is 12.1. The highest BCUT2D eigenvalue weighted by molar-refractivity contribution is 6.32. The number of furan rings is 1. The first-order chi connectivity index (χ1) is 8.20. The maximum atomic E-state index is 12.1. The number of hydrogen-bond acceptors (Lipinski definition) is 4. The zero-order valence-corrected chi connectivity index (χ0v) is 9.90. The molecule has 1 amide bonds. The maximum Gasteiger partial charge on any atom is 0.258 e. The van der Waals surface area contributed by atoms with E-state index in [9.17, 15) is 4.79 Å². The highest BCUT2D eigenvalue weighted by Gasteiger charge is 2.45. The quantitative estimate of drug-likeness (QED) is 0.766. The predicted molar refractivity (Wildman–Crippen MR) is 58.9 cm³/mol. The van der Waals surface area contributed by atoms with Crippen molar-refractivity contribution in [2.24, 2.45) is 0 Å². The second kappa shape index (κ2) is 4.01. The van der Waals surface area contributed by atoms with Crippen LogP contribution in [0.5, 0.6) is 0 Å². The Morgan fingerprint density at radius 3 is 2.82 bits per heavy atom. The molecular formula is C11H12ClNO4. The summed E-state index contributed by atoms with van der Waals surface area (Å²) in [5.41, 5.74) is 0.390. The van der Waals surface area contributed by atoms with Gasteiger partial charge in [-0.1, -0.05) is 0 Å². The normalized spacial score (nSPS) is 22.5. The molecule has 1 spiro atoms. The topological polar surface area (TPSA) is 51.9 Å². The van der Waals surface area contributed by atoms with Crippen LogP contribution >= 0.6 is 11.6 Å². The Kier molecular flexibility index (Phi) is 2.61. The van der Waals surface area contributed by atoms with Gasteiger partial charge in [0.1, 0.15) is 0 Å². The van der Waals surface area contributed by atoms with Crippen LogP contribution in [-0.4, -0.2) is 42.9 Å². The highest BCUT2D eigenvalue weighted by Crippen LogP contribution is 2.32. The van der Waals surface area contributed by atoms with Gasteiger partial charge in [0, 0.05) is 13.0 Å². The summed E-state index contributed by atoms with van der Waals surface area (Å²) in [7, 11) is 0. The van der Waals surface area contributed by atoms with E-state index in [-0.39, 0.29) is 11.1 Å². The lowest BCUT2D eigenvalue weighted by molar-refractivity contribution is -0.143. The van der Waals surface area contributed by atoms with E-state index in [1.165, 1.54) is 6.26 Å². The molecule has 0 bridgehead atoms. The van der Waals surface area contributed by atoms with E-state index < -0.39 is 5.79 Å². The molecule has 2 saturated heterocycles. The lowest BCUT2D eigenvalue weighted by atomic mass is 10.2. The second-order valence-electron chi connectivity index (χ2n) is 4.19. The molecule has 2 aliphatic rings. The lowest BCUT2D eigenvalue weighted by Crippen LogP contribution is -2.36. The molecule has 3 heterocycles. The highest BCUT2D eigenvalue weighted by atomic mass is 35.5. The molecule has 3 rings (SSSR count). The molecule has 0 saturated carbocycles. The Hall–Kier alpha value is -1.04. The van der Waals surface area contributed by atoms with Gasteiger partial charge in [0.15, 0.2) is 5.79 Å². The molecular weight excluding hydrogens is 246 g/mol. The van der Waals surface area contributed by atoms with Gasteiger partial charge in [-0.3, -0.25) is 4.79 Å². The summed E-state index contributed by atoms with van der Waals surface area (Å²) in [4.78, 5) is 13.8. The summed E-state index contributed by atoms with van der Waals surface area (Å²) >= 11 is 5.79. The largest absolute Gasteiger partial charge is 0.452 e. The van der Waals surface area contributed by atoms with E-state index in [4.69, 9.17) is 25.5 Å². The molecule has 17 heavy (non-hydrogen) atoms. The van der Waals surface area contributed by atoms with Gasteiger partial charge in [-0.05, 0) is 17.7 Å². The minimum Gasteiger partial charge on any atom is -0.452 e. The van der Waals surface area contributed by atoms with Gasteiger partial charge in [-0.2, -0.15) is 0 Å². The zero-order valence-electron chi connectivity index (χ0n) is 9.15. The third-order valence-electron chi connectivity index (χ3n) is 3.14. The average molecular weight is 258 g/mol. The summed E-state index contributed by atoms with van der Waals surface area (Å²) in [5.74, 6) is -0.731. The lowest BCUT2D eigenvalue weighted by Gasteiger charge is -2.22. The first-order valence-electron chi connectivity index (χ1n) is 5.50. The van der Waals surface area contributed by atoms with Crippen LogP contribution in [0.4, 0.5) is 0 Å². The van der Waals surface area contributed by atoms with Crippen LogP contribution in [0.2, 0.25) is 5.22 Å². The van der Waals surface area contributed by atoms with Crippen molar-refractivity contribution in [3.8, 4) is 0 Å². The molecule has 0 radical (unpaired) electrons. The molecule has 1 aromatic rings. The molecule has 5 nitrogen and oxygen atoms in total. The number of nitrogens with zero attached hydrogens (tertiary/aromatic N) is 1. The molecule has 0 aliphatic carbocycles. The number of hydrogen-bond donors (Lipinski definition) is 0. The third-order valence-corrected chi connectivity index (χ3v) is 3.44. The van der Waals surface area contributed by atoms with E-state index in [2.05, 4.69) is 0 Å². The molecule has 1 aromatic heterocycles. The fraction of sp³-hybridized carbons (Fsp3) is 0.545. The number of amides is 1. The van der Waals surface area contributed by atoms with Crippen LogP contribution in [0.1, 0.15) is 16.8 Å². The summed E-state index contributed by atoms with van der Waals surface area (Å²) in [5, 5.41) is 0.129. The smallest absolute Gasteiger partial charge is 0.258 e. The van der Waals surface area contributed by atoms with Gasteiger partial charge < -0.3 is 18.8 Å². The van der Waals surface area contributed by atoms with E-state index >= 15 is 0 Å². The molecule has 2 aliphatic heterocycles. The fourth-order valence-corrected chi connectivity index (χ4v) is 2.47. The Labute approximate surface area is 103 Å². The summed E-state index contributed by atoms with van der Waals surface area (Å²) in [6.45, 7) is 2.25. The van der Waals surface area contributed by atoms with Crippen LogP contribution in [-0.2, 0) is 9.47 Å². The van der Waals surface area contributed by atoms with Crippen LogP contribution in [0, 0.1) is 0 Å². The Bertz CT molecular complexity index is 438. The average Bonchev–Trinajstić information content (AvgIpc) is 3.02. The van der Waals surface area contributed by atoms with Crippen molar-refractivity contribution in [3.63, 3.8) is 0 Å². The van der Waals surface area contributed by atoms with Crippen LogP contribution < -0.4 is 0 Å². The number of halogens is 1. The van der Waals surface area contributed by atoms with Crippen LogP contribution in [0.15, 0.2) is 16.7 Å². The predicted octanol–water partition coefficient (Wildman–Crippen LogP) is 1.52. The number of likely N-dealkylation sites (tertiary alicyclic amines) is 1. The van der Waals surface area contributed by atoms with E-state index in [0.717, 1.165) is 0 Å². The van der Waals surface area contributed by atoms with Crippen molar-refractivity contribution < 1.29 is 18.7 Å². The van der Waals surface area contributed by atoms with Crippen molar-refractivity contribution in [1.29, 1.82) is 0 Å². The minimum absolute atomic E-state index is 0.129. The number of carbonyl (C=O) groups is 1. The van der Waals surface area contributed by atoms with E-state index in [1.54, 1.807) is 11.0 Å². The molecule has 0 N–H and O–H groups in total. The molecule has 2 fully saturated rings. The molecule has 0 atom stereocenters. The fourth-order valence-electron chi connectivity index (χ4n) is 2.28. The first kappa shape index (κ1) is 11.1. The van der Waals surface area contributed by atoms with Gasteiger partial charge in [0.05, 0.1) is 31.6 Å². The zero-order chi connectivity index (χ0) is 11.9. The van der Waals surface area contributed by atoms with E-state index in [1.807, 2.05) is 0 Å². The van der Waals surface area contributed by atoms with Crippen LogP contribution in [0.25, 0.3) is 0 Å². The van der Waals surface area contributed by atoms with Gasteiger partial charge in [-0.15, -0.1) is 0 Å². The monoisotopic (exact) mass is 257 g/mol. The Balaban J connectivity index is 1.75.